The quantitative estimate of drug-likeness (QED) is 0.313. The predicted octanol–water partition coefficient (Wildman–Crippen LogP) is 5.50. The number of anilines is 1. The molecule has 33 heavy (non-hydrogen) atoms. The van der Waals surface area contributed by atoms with E-state index in [-0.39, 0.29) is 16.4 Å². The van der Waals surface area contributed by atoms with Gasteiger partial charge in [-0.3, -0.25) is 9.78 Å². The maximum Gasteiger partial charge on any atom is 0.339 e. The summed E-state index contributed by atoms with van der Waals surface area (Å²) in [5.41, 5.74) is 2.66. The van der Waals surface area contributed by atoms with Crippen LogP contribution in [0.1, 0.15) is 26.3 Å². The number of nitrogens with one attached hydrogen (secondary N) is 1. The number of hydrogen-bond donors (Lipinski definition) is 1. The van der Waals surface area contributed by atoms with Crippen molar-refractivity contribution in [3.63, 3.8) is 0 Å². The Morgan fingerprint density at radius 2 is 1.76 bits per heavy atom. The first-order valence-corrected chi connectivity index (χ1v) is 10.0. The average Bonchev–Trinajstić information content (AvgIpc) is 3.33. The van der Waals surface area contributed by atoms with Crippen molar-refractivity contribution in [2.45, 2.75) is 6.92 Å². The molecule has 1 amide bonds. The van der Waals surface area contributed by atoms with Crippen molar-refractivity contribution in [2.75, 3.05) is 12.2 Å². The lowest BCUT2D eigenvalue weighted by molar-refractivity contribution is 0.0601. The highest BCUT2D eigenvalue weighted by Crippen LogP contribution is 2.27. The molecule has 166 valence electrons. The molecule has 0 aliphatic carbocycles. The number of rotatable bonds is 6. The van der Waals surface area contributed by atoms with Gasteiger partial charge in [0.1, 0.15) is 11.5 Å². The van der Waals surface area contributed by atoms with Gasteiger partial charge in [0.2, 0.25) is 0 Å². The van der Waals surface area contributed by atoms with Gasteiger partial charge in [-0.05, 0) is 55.0 Å². The lowest BCUT2D eigenvalue weighted by atomic mass is 10.1. The minimum atomic E-state index is -0.803. The normalized spacial score (nSPS) is 10.5. The molecule has 4 aromatic rings. The molecule has 1 N–H and O–H groups in total. The fourth-order valence-corrected chi connectivity index (χ4v) is 3.21. The number of halogens is 1. The van der Waals surface area contributed by atoms with E-state index in [1.54, 1.807) is 48.7 Å². The highest BCUT2D eigenvalue weighted by molar-refractivity contribution is 6.04. The van der Waals surface area contributed by atoms with Gasteiger partial charge in [-0.15, -0.1) is 5.12 Å². The Kier molecular flexibility index (Phi) is 6.17. The molecule has 0 atom stereocenters. The Morgan fingerprint density at radius 1 is 0.970 bits per heavy atom. The average molecular weight is 445 g/mol. The number of hydrogen-bond acceptors (Lipinski definition) is 5. The van der Waals surface area contributed by atoms with Gasteiger partial charge in [0, 0.05) is 24.0 Å². The fourth-order valence-electron chi connectivity index (χ4n) is 3.21. The van der Waals surface area contributed by atoms with Crippen LogP contribution in [0.5, 0.6) is 11.5 Å². The second-order valence-corrected chi connectivity index (χ2v) is 7.23. The van der Waals surface area contributed by atoms with Gasteiger partial charge in [-0.2, -0.15) is 0 Å². The number of pyridine rings is 1. The van der Waals surface area contributed by atoms with Gasteiger partial charge >= 0.3 is 5.97 Å². The third-order valence-corrected chi connectivity index (χ3v) is 4.83. The maximum absolute atomic E-state index is 14.7. The van der Waals surface area contributed by atoms with Crippen LogP contribution in [0, 0.1) is 6.92 Å². The molecule has 2 aromatic heterocycles. The molecule has 0 fully saturated rings. The second kappa shape index (κ2) is 9.35. The van der Waals surface area contributed by atoms with Crippen molar-refractivity contribution >= 4 is 17.6 Å². The number of aromatic nitrogens is 2. The molecule has 7 nitrogen and oxygen atoms in total. The molecular weight excluding hydrogens is 425 g/mol. The van der Waals surface area contributed by atoms with E-state index < -0.39 is 11.9 Å². The molecule has 0 bridgehead atoms. The van der Waals surface area contributed by atoms with Crippen LogP contribution in [0.2, 0.25) is 0 Å². The molecule has 0 aliphatic heterocycles. The van der Waals surface area contributed by atoms with Gasteiger partial charge < -0.3 is 14.5 Å². The van der Waals surface area contributed by atoms with Crippen molar-refractivity contribution in [3.05, 3.63) is 95.8 Å². The zero-order valence-corrected chi connectivity index (χ0v) is 17.9. The molecular formula is C25H20FN3O4. The molecule has 0 saturated heterocycles. The van der Waals surface area contributed by atoms with E-state index in [1.807, 2.05) is 13.0 Å². The first-order chi connectivity index (χ1) is 15.9. The number of nitrogens with zero attached hydrogens (tertiary/aromatic N) is 2. The van der Waals surface area contributed by atoms with Crippen molar-refractivity contribution < 1.29 is 23.5 Å². The van der Waals surface area contributed by atoms with Crippen LogP contribution < -0.4 is 9.86 Å². The van der Waals surface area contributed by atoms with E-state index in [4.69, 9.17) is 9.47 Å². The fraction of sp³-hybridized carbons (Fsp3) is 0.0800. The number of H-pyrrole nitrogens is 1. The summed E-state index contributed by atoms with van der Waals surface area (Å²) in [4.78, 5) is 31.5. The number of benzene rings is 2. The summed E-state index contributed by atoms with van der Waals surface area (Å²) in [6.07, 6.45) is 3.09. The van der Waals surface area contributed by atoms with Gasteiger partial charge in [-0.25, -0.2) is 4.79 Å². The van der Waals surface area contributed by atoms with E-state index in [1.165, 1.54) is 31.5 Å². The molecule has 8 heteroatoms. The summed E-state index contributed by atoms with van der Waals surface area (Å²) in [5, 5.41) is 0.112. The van der Waals surface area contributed by atoms with Gasteiger partial charge in [0.15, 0.2) is 0 Å². The van der Waals surface area contributed by atoms with Crippen LogP contribution in [0.4, 0.5) is 10.2 Å². The minimum absolute atomic E-state index is 0.112. The summed E-state index contributed by atoms with van der Waals surface area (Å²) in [6.45, 7) is 1.82. The van der Waals surface area contributed by atoms with E-state index in [9.17, 15) is 14.1 Å². The molecule has 0 saturated carbocycles. The molecule has 2 heterocycles. The highest BCUT2D eigenvalue weighted by atomic mass is 19.2. The number of carbonyl (C=O) groups excluding carboxylic acids is 2. The molecule has 0 spiro atoms. The Balaban J connectivity index is 1.53. The summed E-state index contributed by atoms with van der Waals surface area (Å²) < 4.78 is 25.3. The van der Waals surface area contributed by atoms with E-state index in [0.717, 1.165) is 5.56 Å². The number of aromatic amines is 1. The molecule has 4 rings (SSSR count). The smallest absolute Gasteiger partial charge is 0.339 e. The zero-order valence-electron chi connectivity index (χ0n) is 17.9. The SMILES string of the molecule is COC(=O)c1c[nH]c(-c2cc(Oc3cccc(C(=O)N(F)c4cccc(C)c4)c3)ccn2)c1. The molecule has 0 aliphatic rings. The number of aryl methyl sites for hydroxylation is 1. The number of carbonyl (C=O) groups is 2. The van der Waals surface area contributed by atoms with Gasteiger partial charge in [0.05, 0.1) is 29.7 Å². The minimum Gasteiger partial charge on any atom is -0.465 e. The van der Waals surface area contributed by atoms with Crippen molar-refractivity contribution in [1.82, 2.24) is 9.97 Å². The summed E-state index contributed by atoms with van der Waals surface area (Å²) in [7, 11) is 1.31. The first-order valence-electron chi connectivity index (χ1n) is 10.0. The lowest BCUT2D eigenvalue weighted by Gasteiger charge is -2.13. The molecule has 2 aromatic carbocycles. The molecule has 0 radical (unpaired) electrons. The second-order valence-electron chi connectivity index (χ2n) is 7.23. The maximum atomic E-state index is 14.7. The van der Waals surface area contributed by atoms with Gasteiger partial charge in [-0.1, -0.05) is 22.7 Å². The Bertz CT molecular complexity index is 1320. The zero-order chi connectivity index (χ0) is 23.4. The topological polar surface area (TPSA) is 84.5 Å². The van der Waals surface area contributed by atoms with Crippen LogP contribution in [0.15, 0.2) is 79.1 Å². The largest absolute Gasteiger partial charge is 0.465 e. The summed E-state index contributed by atoms with van der Waals surface area (Å²) in [6, 6.07) is 17.8. The monoisotopic (exact) mass is 445 g/mol. The number of amides is 1. The van der Waals surface area contributed by atoms with Crippen LogP contribution in [0.25, 0.3) is 11.4 Å². The van der Waals surface area contributed by atoms with Crippen LogP contribution in [0.3, 0.4) is 0 Å². The standard InChI is InChI=1S/C25H20FN3O4/c1-16-5-3-7-19(11-16)29(26)24(30)17-6-4-8-20(12-17)33-21-9-10-27-23(14-21)22-13-18(15-28-22)25(31)32-2/h3-15,28H,1-2H3. The first kappa shape index (κ1) is 21.8. The lowest BCUT2D eigenvalue weighted by Crippen LogP contribution is -2.21. The summed E-state index contributed by atoms with van der Waals surface area (Å²) in [5.74, 6) is -0.450. The van der Waals surface area contributed by atoms with Crippen molar-refractivity contribution in [3.8, 4) is 22.9 Å². The Labute approximate surface area is 189 Å². The van der Waals surface area contributed by atoms with Crippen LogP contribution in [-0.2, 0) is 4.74 Å². The van der Waals surface area contributed by atoms with Crippen LogP contribution in [-0.4, -0.2) is 29.0 Å². The third-order valence-electron chi connectivity index (χ3n) is 4.83. The van der Waals surface area contributed by atoms with Crippen molar-refractivity contribution in [2.24, 2.45) is 0 Å². The van der Waals surface area contributed by atoms with E-state index in [2.05, 4.69) is 9.97 Å². The molecule has 0 unspecified atom stereocenters. The van der Waals surface area contributed by atoms with E-state index in [0.29, 0.717) is 28.5 Å². The third kappa shape index (κ3) is 4.90. The number of ether oxygens (including phenoxy) is 2. The van der Waals surface area contributed by atoms with Gasteiger partial charge in [0.25, 0.3) is 5.91 Å². The Morgan fingerprint density at radius 3 is 2.55 bits per heavy atom. The number of methoxy groups -OCH3 is 1. The van der Waals surface area contributed by atoms with E-state index >= 15 is 0 Å². The van der Waals surface area contributed by atoms with Crippen LogP contribution >= 0.6 is 0 Å². The highest BCUT2D eigenvalue weighted by Gasteiger charge is 2.18. The predicted molar refractivity (Wildman–Crippen MR) is 121 cm³/mol. The Hall–Kier alpha value is -4.46. The number of esters is 1. The van der Waals surface area contributed by atoms with Crippen molar-refractivity contribution in [1.29, 1.82) is 0 Å². The summed E-state index contributed by atoms with van der Waals surface area (Å²) >= 11 is 0.